The molecule has 1 spiro atoms. The summed E-state index contributed by atoms with van der Waals surface area (Å²) in [6, 6.07) is 13.9. The molecule has 1 aliphatic heterocycles. The zero-order valence-corrected chi connectivity index (χ0v) is 23.4. The lowest BCUT2D eigenvalue weighted by Gasteiger charge is -2.68. The topological polar surface area (TPSA) is 74.7 Å². The molecule has 5 aliphatic carbocycles. The van der Waals surface area contributed by atoms with Gasteiger partial charge in [0.05, 0.1) is 22.9 Å². The summed E-state index contributed by atoms with van der Waals surface area (Å²) in [6.07, 6.45) is 7.53. The van der Waals surface area contributed by atoms with Crippen LogP contribution >= 0.6 is 0 Å². The highest BCUT2D eigenvalue weighted by atomic mass is 16.4. The van der Waals surface area contributed by atoms with Crippen LogP contribution in [-0.4, -0.2) is 22.9 Å². The number of rotatable bonds is 3. The van der Waals surface area contributed by atoms with E-state index >= 15 is 0 Å². The average molecular weight is 526 g/mol. The molecule has 1 heterocycles. The highest BCUT2D eigenvalue weighted by Gasteiger charge is 2.73. The Labute approximate surface area is 230 Å². The molecule has 0 radical (unpaired) electrons. The van der Waals surface area contributed by atoms with Crippen LogP contribution in [0.2, 0.25) is 0 Å². The van der Waals surface area contributed by atoms with Crippen molar-refractivity contribution in [1.82, 2.24) is 0 Å². The van der Waals surface area contributed by atoms with Gasteiger partial charge in [0.25, 0.3) is 0 Å². The first-order chi connectivity index (χ1) is 18.5. The lowest BCUT2D eigenvalue weighted by atomic mass is 9.34. The Morgan fingerprint density at radius 2 is 1.72 bits per heavy atom. The van der Waals surface area contributed by atoms with Crippen LogP contribution in [0.15, 0.2) is 54.1 Å². The fourth-order valence-corrected chi connectivity index (χ4v) is 10.6. The fourth-order valence-electron chi connectivity index (χ4n) is 10.6. The Kier molecular flexibility index (Phi) is 5.17. The van der Waals surface area contributed by atoms with Gasteiger partial charge in [-0.25, -0.2) is 4.90 Å². The van der Waals surface area contributed by atoms with Gasteiger partial charge in [0.1, 0.15) is 0 Å². The first-order valence-corrected chi connectivity index (χ1v) is 14.9. The van der Waals surface area contributed by atoms with Gasteiger partial charge in [-0.15, -0.1) is 0 Å². The van der Waals surface area contributed by atoms with Crippen molar-refractivity contribution in [2.24, 2.45) is 51.8 Å². The number of hydrogen-bond donors (Lipinski definition) is 1. The van der Waals surface area contributed by atoms with Gasteiger partial charge in [-0.2, -0.15) is 0 Å². The van der Waals surface area contributed by atoms with Crippen LogP contribution in [0.3, 0.4) is 0 Å². The van der Waals surface area contributed by atoms with E-state index in [4.69, 9.17) is 0 Å². The molecule has 0 aromatic heterocycles. The zero-order chi connectivity index (χ0) is 27.5. The first kappa shape index (κ1) is 25.0. The Balaban J connectivity index is 1.38. The van der Waals surface area contributed by atoms with Gasteiger partial charge < -0.3 is 5.11 Å². The van der Waals surface area contributed by atoms with E-state index in [0.717, 1.165) is 49.3 Å². The van der Waals surface area contributed by atoms with Crippen molar-refractivity contribution in [2.45, 2.75) is 66.2 Å². The maximum atomic E-state index is 14.6. The molecule has 5 heteroatoms. The highest BCUT2D eigenvalue weighted by molar-refractivity contribution is 6.25. The summed E-state index contributed by atoms with van der Waals surface area (Å²) >= 11 is 0. The molecule has 2 aromatic rings. The molecule has 5 nitrogen and oxygen atoms in total. The predicted molar refractivity (Wildman–Crippen MR) is 151 cm³/mol. The molecule has 2 bridgehead atoms. The van der Waals surface area contributed by atoms with Crippen molar-refractivity contribution >= 4 is 34.2 Å². The zero-order valence-electron chi connectivity index (χ0n) is 23.4. The minimum Gasteiger partial charge on any atom is -0.481 e. The van der Waals surface area contributed by atoms with Crippen LogP contribution in [0.5, 0.6) is 0 Å². The molecule has 6 aliphatic rings. The number of allylic oxidation sites excluding steroid dienone is 2. The molecule has 1 saturated heterocycles. The van der Waals surface area contributed by atoms with Crippen molar-refractivity contribution in [3.8, 4) is 0 Å². The second kappa shape index (κ2) is 8.05. The van der Waals surface area contributed by atoms with Gasteiger partial charge in [0.2, 0.25) is 11.8 Å². The van der Waals surface area contributed by atoms with Crippen molar-refractivity contribution in [3.63, 3.8) is 0 Å². The highest BCUT2D eigenvalue weighted by Crippen LogP contribution is 2.74. The average Bonchev–Trinajstić information content (AvgIpc) is 3.19. The third-order valence-corrected chi connectivity index (χ3v) is 12.2. The van der Waals surface area contributed by atoms with Crippen molar-refractivity contribution in [3.05, 3.63) is 54.1 Å². The van der Waals surface area contributed by atoms with Crippen LogP contribution < -0.4 is 4.90 Å². The minimum atomic E-state index is -0.736. The molecule has 39 heavy (non-hydrogen) atoms. The summed E-state index contributed by atoms with van der Waals surface area (Å²) in [6.45, 7) is 8.71. The van der Waals surface area contributed by atoms with Gasteiger partial charge in [-0.05, 0) is 79.6 Å². The molecule has 204 valence electrons. The number of carbonyl (C=O) groups is 3. The minimum absolute atomic E-state index is 0.0342. The number of carbonyl (C=O) groups excluding carboxylic acids is 2. The second-order valence-corrected chi connectivity index (χ2v) is 14.0. The van der Waals surface area contributed by atoms with E-state index in [1.807, 2.05) is 49.4 Å². The third-order valence-electron chi connectivity index (χ3n) is 12.2. The number of aliphatic carboxylic acids is 1. The SMILES string of the molecule is CC(C)C1=CC23CCC4C(C)(C(=O)O)CCCC4(C)C2CC1C1C(=O)N(c2cccc4ccccc24)C(=O)C13. The normalized spacial score (nSPS) is 40.9. The number of fused-ring (bicyclic) bond motifs is 2. The fraction of sp³-hybridized carbons (Fsp3) is 0.559. The summed E-state index contributed by atoms with van der Waals surface area (Å²) < 4.78 is 0. The van der Waals surface area contributed by atoms with Crippen LogP contribution in [0.1, 0.15) is 66.2 Å². The summed E-state index contributed by atoms with van der Waals surface area (Å²) in [7, 11) is 0. The van der Waals surface area contributed by atoms with E-state index in [9.17, 15) is 19.5 Å². The molecular weight excluding hydrogens is 486 g/mol. The largest absolute Gasteiger partial charge is 0.481 e. The summed E-state index contributed by atoms with van der Waals surface area (Å²) in [5, 5.41) is 12.3. The molecule has 1 N–H and O–H groups in total. The van der Waals surface area contributed by atoms with Gasteiger partial charge in [-0.1, -0.05) is 75.2 Å². The second-order valence-electron chi connectivity index (χ2n) is 14.0. The maximum absolute atomic E-state index is 14.6. The number of nitrogens with zero attached hydrogens (tertiary/aromatic N) is 1. The van der Waals surface area contributed by atoms with Crippen LogP contribution in [0.25, 0.3) is 10.8 Å². The van der Waals surface area contributed by atoms with E-state index in [2.05, 4.69) is 26.8 Å². The van der Waals surface area contributed by atoms with E-state index in [1.54, 1.807) is 0 Å². The standard InChI is InChI=1S/C34H39NO4/c1-19(2)23-18-34-16-13-25-32(3,14-8-15-33(25,4)31(38)39)26(34)17-22(23)27-28(34)30(37)35(29(27)36)24-12-7-10-20-9-5-6-11-21(20)24/h5-7,9-12,18-19,22,25-28H,8,13-17H2,1-4H3,(H,38,39). The van der Waals surface area contributed by atoms with Crippen molar-refractivity contribution < 1.29 is 19.5 Å². The Hall–Kier alpha value is -2.95. The van der Waals surface area contributed by atoms with Gasteiger partial charge in [0.15, 0.2) is 0 Å². The summed E-state index contributed by atoms with van der Waals surface area (Å²) in [5.41, 5.74) is 0.744. The van der Waals surface area contributed by atoms with Crippen molar-refractivity contribution in [1.29, 1.82) is 0 Å². The number of hydrogen-bond acceptors (Lipinski definition) is 3. The Morgan fingerprint density at radius 3 is 2.46 bits per heavy atom. The number of amides is 2. The molecule has 2 aromatic carbocycles. The molecule has 2 amide bonds. The Bertz CT molecular complexity index is 1450. The number of benzene rings is 2. The smallest absolute Gasteiger partial charge is 0.309 e. The molecule has 8 rings (SSSR count). The van der Waals surface area contributed by atoms with Gasteiger partial charge >= 0.3 is 5.97 Å². The first-order valence-electron chi connectivity index (χ1n) is 14.9. The van der Waals surface area contributed by atoms with E-state index < -0.39 is 16.8 Å². The number of carboxylic acids is 1. The van der Waals surface area contributed by atoms with E-state index in [0.29, 0.717) is 11.6 Å². The lowest BCUT2D eigenvalue weighted by Crippen LogP contribution is -2.65. The van der Waals surface area contributed by atoms with Crippen LogP contribution in [0.4, 0.5) is 5.69 Å². The monoisotopic (exact) mass is 525 g/mol. The van der Waals surface area contributed by atoms with Crippen LogP contribution in [0, 0.1) is 51.8 Å². The number of anilines is 1. The quantitative estimate of drug-likeness (QED) is 0.351. The summed E-state index contributed by atoms with van der Waals surface area (Å²) in [5.74, 6) is -0.828. The lowest BCUT2D eigenvalue weighted by molar-refractivity contribution is -0.194. The molecule has 8 unspecified atom stereocenters. The van der Waals surface area contributed by atoms with Crippen LogP contribution in [-0.2, 0) is 14.4 Å². The van der Waals surface area contributed by atoms with Gasteiger partial charge in [-0.3, -0.25) is 14.4 Å². The third kappa shape index (κ3) is 3.00. The van der Waals surface area contributed by atoms with Gasteiger partial charge in [0, 0.05) is 10.8 Å². The number of carboxylic acid groups (broad SMARTS) is 1. The molecule has 3 saturated carbocycles. The number of imide groups is 1. The van der Waals surface area contributed by atoms with E-state index in [-0.39, 0.29) is 46.8 Å². The molecule has 4 fully saturated rings. The maximum Gasteiger partial charge on any atom is 0.309 e. The van der Waals surface area contributed by atoms with Crippen molar-refractivity contribution in [2.75, 3.05) is 4.90 Å². The summed E-state index contributed by atoms with van der Waals surface area (Å²) in [4.78, 5) is 43.1. The predicted octanol–water partition coefficient (Wildman–Crippen LogP) is 6.86. The molecule has 8 atom stereocenters. The van der Waals surface area contributed by atoms with E-state index in [1.165, 1.54) is 10.5 Å². The molecular formula is C34H39NO4. The Morgan fingerprint density at radius 1 is 0.974 bits per heavy atom.